The highest BCUT2D eigenvalue weighted by molar-refractivity contribution is 7.90. The maximum Gasteiger partial charge on any atom is 0.220 e. The first kappa shape index (κ1) is 16.9. The molecule has 0 aliphatic carbocycles. The molecule has 1 amide bonds. The number of rotatable bonds is 7. The number of hydrogen-bond donors (Lipinski definition) is 1. The molecule has 1 N–H and O–H groups in total. The van der Waals surface area contributed by atoms with Crippen molar-refractivity contribution in [3.8, 4) is 0 Å². The first-order valence-electron chi connectivity index (χ1n) is 7.15. The lowest BCUT2D eigenvalue weighted by Crippen LogP contribution is -2.37. The van der Waals surface area contributed by atoms with Gasteiger partial charge in [-0.3, -0.25) is 4.79 Å². The van der Waals surface area contributed by atoms with Gasteiger partial charge < -0.3 is 5.32 Å². The molecule has 0 saturated carbocycles. The molecule has 5 nitrogen and oxygen atoms in total. The predicted octanol–water partition coefficient (Wildman–Crippen LogP) is 2.17. The first-order valence-corrected chi connectivity index (χ1v) is 10.0. The van der Waals surface area contributed by atoms with Crippen LogP contribution < -0.4 is 5.32 Å². The predicted molar refractivity (Wildman–Crippen MR) is 89.9 cm³/mol. The average molecular weight is 340 g/mol. The maximum absolute atomic E-state index is 11.8. The molecule has 0 unspecified atom stereocenters. The van der Waals surface area contributed by atoms with Crippen molar-refractivity contribution in [3.63, 3.8) is 0 Å². The topological polar surface area (TPSA) is 76.1 Å². The van der Waals surface area contributed by atoms with Gasteiger partial charge in [-0.2, -0.15) is 0 Å². The molecule has 0 spiro atoms. The molecule has 1 aromatic heterocycles. The summed E-state index contributed by atoms with van der Waals surface area (Å²) in [5.41, 5.74) is 0.994. The molecule has 0 fully saturated rings. The van der Waals surface area contributed by atoms with Gasteiger partial charge in [0.2, 0.25) is 5.91 Å². The second-order valence-electron chi connectivity index (χ2n) is 5.49. The number of thiazole rings is 1. The highest BCUT2D eigenvalue weighted by Crippen LogP contribution is 2.22. The molecule has 2 aromatic rings. The van der Waals surface area contributed by atoms with Crippen molar-refractivity contribution in [1.29, 1.82) is 0 Å². The Bertz CT molecular complexity index is 720. The summed E-state index contributed by atoms with van der Waals surface area (Å²) in [5.74, 6) is -0.145. The molecule has 0 aliphatic rings. The fraction of sp³-hybridized carbons (Fsp3) is 0.467. The van der Waals surface area contributed by atoms with Crippen LogP contribution in [0.5, 0.6) is 0 Å². The van der Waals surface area contributed by atoms with E-state index in [9.17, 15) is 13.2 Å². The van der Waals surface area contributed by atoms with E-state index in [2.05, 4.69) is 10.3 Å². The third-order valence-corrected chi connectivity index (χ3v) is 5.29. The van der Waals surface area contributed by atoms with Gasteiger partial charge in [0.05, 0.1) is 21.0 Å². The second kappa shape index (κ2) is 7.19. The lowest BCUT2D eigenvalue weighted by molar-refractivity contribution is -0.121. The smallest absolute Gasteiger partial charge is 0.220 e. The Morgan fingerprint density at radius 2 is 2.09 bits per heavy atom. The van der Waals surface area contributed by atoms with Crippen LogP contribution in [0.4, 0.5) is 0 Å². The summed E-state index contributed by atoms with van der Waals surface area (Å²) in [7, 11) is -3.07. The fourth-order valence-corrected chi connectivity index (χ4v) is 4.27. The Hall–Kier alpha value is -1.47. The number of fused-ring (bicyclic) bond motifs is 1. The number of carbonyl (C=O) groups excluding carboxylic acids is 1. The fourth-order valence-electron chi connectivity index (χ4n) is 2.27. The minimum Gasteiger partial charge on any atom is -0.353 e. The molecular formula is C15H20N2O3S2. The maximum atomic E-state index is 11.8. The molecule has 22 heavy (non-hydrogen) atoms. The third-order valence-electron chi connectivity index (χ3n) is 3.09. The zero-order valence-corrected chi connectivity index (χ0v) is 14.3. The van der Waals surface area contributed by atoms with Crippen LogP contribution in [0.2, 0.25) is 0 Å². The van der Waals surface area contributed by atoms with Crippen molar-refractivity contribution >= 4 is 37.3 Å². The number of sulfone groups is 1. The van der Waals surface area contributed by atoms with Gasteiger partial charge in [-0.15, -0.1) is 11.3 Å². The van der Waals surface area contributed by atoms with E-state index in [0.29, 0.717) is 12.8 Å². The van der Waals surface area contributed by atoms with E-state index in [1.165, 1.54) is 6.26 Å². The zero-order chi connectivity index (χ0) is 16.2. The third kappa shape index (κ3) is 5.38. The van der Waals surface area contributed by atoms with E-state index in [4.69, 9.17) is 0 Å². The Kier molecular flexibility index (Phi) is 5.52. The van der Waals surface area contributed by atoms with Crippen molar-refractivity contribution in [3.05, 3.63) is 29.3 Å². The molecule has 1 heterocycles. The van der Waals surface area contributed by atoms with E-state index >= 15 is 0 Å². The van der Waals surface area contributed by atoms with Crippen LogP contribution in [0.15, 0.2) is 24.3 Å². The van der Waals surface area contributed by atoms with Gasteiger partial charge in [0.15, 0.2) is 0 Å². The monoisotopic (exact) mass is 340 g/mol. The van der Waals surface area contributed by atoms with Crippen LogP contribution in [-0.4, -0.2) is 37.4 Å². The number of nitrogens with one attached hydrogen (secondary N) is 1. The van der Waals surface area contributed by atoms with Gasteiger partial charge in [-0.05, 0) is 31.9 Å². The number of nitrogens with zero attached hydrogens (tertiary/aromatic N) is 1. The molecular weight excluding hydrogens is 320 g/mol. The molecule has 1 aromatic carbocycles. The van der Waals surface area contributed by atoms with Crippen molar-refractivity contribution in [2.24, 2.45) is 0 Å². The van der Waals surface area contributed by atoms with E-state index < -0.39 is 9.84 Å². The largest absolute Gasteiger partial charge is 0.353 e. The standard InChI is InChI=1S/C15H20N2O3S2/c1-11(10-22(2,19)20)16-14(18)8-5-9-15-17-12-6-3-4-7-13(12)21-15/h3-4,6-7,11H,5,8-10H2,1-2H3,(H,16,18)/t11-/m0/s1. The normalized spacial score (nSPS) is 13.2. The molecule has 7 heteroatoms. The van der Waals surface area contributed by atoms with Crippen molar-refractivity contribution < 1.29 is 13.2 Å². The number of carbonyl (C=O) groups is 1. The van der Waals surface area contributed by atoms with Gasteiger partial charge >= 0.3 is 0 Å². The van der Waals surface area contributed by atoms with Gasteiger partial charge in [0, 0.05) is 18.7 Å². The van der Waals surface area contributed by atoms with Gasteiger partial charge in [0.25, 0.3) is 0 Å². The summed E-state index contributed by atoms with van der Waals surface area (Å²) in [6.07, 6.45) is 3.01. The lowest BCUT2D eigenvalue weighted by atomic mass is 10.2. The van der Waals surface area contributed by atoms with Crippen LogP contribution >= 0.6 is 11.3 Å². The Labute approximate surface area is 134 Å². The summed E-state index contributed by atoms with van der Waals surface area (Å²) >= 11 is 1.65. The number of aryl methyl sites for hydroxylation is 1. The Morgan fingerprint density at radius 3 is 2.77 bits per heavy atom. The van der Waals surface area contributed by atoms with Crippen LogP contribution in [0.3, 0.4) is 0 Å². The average Bonchev–Trinajstić information content (AvgIpc) is 2.78. The summed E-state index contributed by atoms with van der Waals surface area (Å²) in [5, 5.41) is 3.74. The van der Waals surface area contributed by atoms with E-state index in [1.54, 1.807) is 18.3 Å². The summed E-state index contributed by atoms with van der Waals surface area (Å²) in [4.78, 5) is 16.3. The molecule has 0 bridgehead atoms. The van der Waals surface area contributed by atoms with Gasteiger partial charge in [-0.1, -0.05) is 12.1 Å². The molecule has 1 atom stereocenters. The van der Waals surface area contributed by atoms with Crippen LogP contribution in [-0.2, 0) is 21.1 Å². The molecule has 0 saturated heterocycles. The Morgan fingerprint density at radius 1 is 1.36 bits per heavy atom. The summed E-state index contributed by atoms with van der Waals surface area (Å²) < 4.78 is 23.5. The van der Waals surface area contributed by atoms with Crippen molar-refractivity contribution in [1.82, 2.24) is 10.3 Å². The lowest BCUT2D eigenvalue weighted by Gasteiger charge is -2.12. The summed E-state index contributed by atoms with van der Waals surface area (Å²) in [6.45, 7) is 1.70. The quantitative estimate of drug-likeness (QED) is 0.838. The van der Waals surface area contributed by atoms with Crippen LogP contribution in [0.25, 0.3) is 10.2 Å². The number of hydrogen-bond acceptors (Lipinski definition) is 5. The van der Waals surface area contributed by atoms with Crippen LogP contribution in [0, 0.1) is 0 Å². The molecule has 0 radical (unpaired) electrons. The van der Waals surface area contributed by atoms with E-state index in [-0.39, 0.29) is 17.7 Å². The molecule has 0 aliphatic heterocycles. The second-order valence-corrected chi connectivity index (χ2v) is 8.79. The van der Waals surface area contributed by atoms with Gasteiger partial charge in [0.1, 0.15) is 9.84 Å². The van der Waals surface area contributed by atoms with Crippen molar-refractivity contribution in [2.75, 3.05) is 12.0 Å². The summed E-state index contributed by atoms with van der Waals surface area (Å²) in [6, 6.07) is 7.61. The minimum absolute atomic E-state index is 0.0311. The molecule has 120 valence electrons. The number of benzene rings is 1. The van der Waals surface area contributed by atoms with Crippen molar-refractivity contribution in [2.45, 2.75) is 32.2 Å². The Balaban J connectivity index is 1.77. The van der Waals surface area contributed by atoms with Crippen LogP contribution in [0.1, 0.15) is 24.8 Å². The number of amides is 1. The highest BCUT2D eigenvalue weighted by atomic mass is 32.2. The minimum atomic E-state index is -3.07. The SMILES string of the molecule is C[C@@H](CS(C)(=O)=O)NC(=O)CCCc1nc2ccccc2s1. The zero-order valence-electron chi connectivity index (χ0n) is 12.7. The number of para-hydroxylation sites is 1. The molecule has 2 rings (SSSR count). The van der Waals surface area contributed by atoms with E-state index in [1.807, 2.05) is 24.3 Å². The van der Waals surface area contributed by atoms with Gasteiger partial charge in [-0.25, -0.2) is 13.4 Å². The number of aromatic nitrogens is 1. The first-order chi connectivity index (χ1) is 10.3. The highest BCUT2D eigenvalue weighted by Gasteiger charge is 2.13. The van der Waals surface area contributed by atoms with E-state index in [0.717, 1.165) is 21.6 Å².